The predicted octanol–water partition coefficient (Wildman–Crippen LogP) is 3.87. The van der Waals surface area contributed by atoms with Crippen molar-refractivity contribution >= 4 is 23.2 Å². The fraction of sp³-hybridized carbons (Fsp3) is 0.250. The van der Waals surface area contributed by atoms with Gasteiger partial charge in [0, 0.05) is 36.9 Å². The molecule has 1 amide bonds. The molecule has 0 atom stereocenters. The average molecular weight is 358 g/mol. The van der Waals surface area contributed by atoms with Crippen LogP contribution in [-0.4, -0.2) is 17.4 Å². The highest BCUT2D eigenvalue weighted by Crippen LogP contribution is 2.36. The maximum atomic E-state index is 12.9. The van der Waals surface area contributed by atoms with Crippen LogP contribution in [0.2, 0.25) is 5.02 Å². The van der Waals surface area contributed by atoms with E-state index in [0.717, 1.165) is 17.7 Å². The summed E-state index contributed by atoms with van der Waals surface area (Å²) in [5.74, 6) is -0.512. The number of hydrogen-bond acceptors (Lipinski definition) is 3. The Hall–Kier alpha value is -2.12. The van der Waals surface area contributed by atoms with E-state index in [-0.39, 0.29) is 17.1 Å². The maximum Gasteiger partial charge on any atom is 0.418 e. The molecule has 0 aliphatic heterocycles. The highest BCUT2D eigenvalue weighted by Gasteiger charge is 2.34. The molecule has 0 fully saturated rings. The van der Waals surface area contributed by atoms with Gasteiger partial charge in [-0.1, -0.05) is 17.7 Å². The molecule has 0 spiro atoms. The quantitative estimate of drug-likeness (QED) is 0.772. The Balaban J connectivity index is 1.86. The predicted molar refractivity (Wildman–Crippen MR) is 85.6 cm³/mol. The smallest absolute Gasteiger partial charge is 0.325 e. The third kappa shape index (κ3) is 5.50. The van der Waals surface area contributed by atoms with Crippen molar-refractivity contribution in [3.05, 3.63) is 58.9 Å². The van der Waals surface area contributed by atoms with Crippen LogP contribution in [0.5, 0.6) is 0 Å². The number of nitrogens with one attached hydrogen (secondary N) is 2. The Labute approximate surface area is 142 Å². The Morgan fingerprint density at radius 1 is 1.25 bits per heavy atom. The number of aromatic nitrogens is 1. The van der Waals surface area contributed by atoms with Crippen LogP contribution in [0.15, 0.2) is 42.7 Å². The van der Waals surface area contributed by atoms with E-state index in [4.69, 9.17) is 11.6 Å². The van der Waals surface area contributed by atoms with Gasteiger partial charge in [0.15, 0.2) is 0 Å². The molecule has 128 valence electrons. The first-order valence-electron chi connectivity index (χ1n) is 7.12. The monoisotopic (exact) mass is 357 g/mol. The van der Waals surface area contributed by atoms with Gasteiger partial charge in [0.25, 0.3) is 0 Å². The lowest BCUT2D eigenvalue weighted by Gasteiger charge is -2.14. The number of hydrogen-bond donors (Lipinski definition) is 2. The van der Waals surface area contributed by atoms with Gasteiger partial charge in [0.1, 0.15) is 0 Å². The zero-order chi connectivity index (χ0) is 17.6. The molecule has 24 heavy (non-hydrogen) atoms. The summed E-state index contributed by atoms with van der Waals surface area (Å²) in [6.07, 6.45) is -1.20. The summed E-state index contributed by atoms with van der Waals surface area (Å²) in [6.45, 7) is 0.853. The number of alkyl halides is 3. The normalized spacial score (nSPS) is 11.3. The van der Waals surface area contributed by atoms with Crippen molar-refractivity contribution in [2.45, 2.75) is 19.1 Å². The minimum absolute atomic E-state index is 0.0419. The molecule has 4 nitrogen and oxygen atoms in total. The number of benzene rings is 1. The van der Waals surface area contributed by atoms with E-state index < -0.39 is 17.6 Å². The topological polar surface area (TPSA) is 54.0 Å². The number of amides is 1. The number of carbonyl (C=O) groups excluding carboxylic acids is 1. The van der Waals surface area contributed by atoms with Gasteiger partial charge in [0.05, 0.1) is 11.3 Å². The summed E-state index contributed by atoms with van der Waals surface area (Å²) in [4.78, 5) is 15.8. The number of carbonyl (C=O) groups is 1. The Morgan fingerprint density at radius 2 is 2.04 bits per heavy atom. The summed E-state index contributed by atoms with van der Waals surface area (Å²) in [7, 11) is 0. The number of rotatable bonds is 6. The number of anilines is 1. The molecule has 2 aromatic rings. The fourth-order valence-corrected chi connectivity index (χ4v) is 2.18. The second-order valence-corrected chi connectivity index (χ2v) is 5.46. The lowest BCUT2D eigenvalue weighted by atomic mass is 10.1. The molecule has 1 aromatic heterocycles. The Bertz CT molecular complexity index is 693. The molecular weight excluding hydrogens is 343 g/mol. The highest BCUT2D eigenvalue weighted by molar-refractivity contribution is 6.30. The van der Waals surface area contributed by atoms with E-state index in [1.807, 2.05) is 6.07 Å². The molecular formula is C16H15ClF3N3O. The standard InChI is InChI=1S/C16H15ClF3N3O/c17-12-3-4-14(13(8-12)16(18,19)20)23-15(24)5-7-22-10-11-2-1-6-21-9-11/h1-4,6,8-9,22H,5,7,10H2,(H,23,24). The lowest BCUT2D eigenvalue weighted by molar-refractivity contribution is -0.137. The highest BCUT2D eigenvalue weighted by atomic mass is 35.5. The maximum absolute atomic E-state index is 12.9. The molecule has 0 aliphatic rings. The molecule has 1 heterocycles. The molecule has 0 saturated heterocycles. The first-order valence-corrected chi connectivity index (χ1v) is 7.50. The summed E-state index contributed by atoms with van der Waals surface area (Å²) < 4.78 is 38.8. The van der Waals surface area contributed by atoms with Crippen molar-refractivity contribution < 1.29 is 18.0 Å². The van der Waals surface area contributed by atoms with Gasteiger partial charge < -0.3 is 10.6 Å². The molecule has 1 aromatic carbocycles. The van der Waals surface area contributed by atoms with Gasteiger partial charge in [-0.2, -0.15) is 13.2 Å². The molecule has 0 bridgehead atoms. The van der Waals surface area contributed by atoms with E-state index in [9.17, 15) is 18.0 Å². The van der Waals surface area contributed by atoms with Gasteiger partial charge >= 0.3 is 6.18 Å². The summed E-state index contributed by atoms with van der Waals surface area (Å²) in [5.41, 5.74) is -0.314. The molecule has 0 radical (unpaired) electrons. The van der Waals surface area contributed by atoms with Gasteiger partial charge in [-0.25, -0.2) is 0 Å². The first-order chi connectivity index (χ1) is 11.4. The van der Waals surface area contributed by atoms with Gasteiger partial charge in [-0.05, 0) is 29.8 Å². The van der Waals surface area contributed by atoms with Crippen LogP contribution >= 0.6 is 11.6 Å². The van der Waals surface area contributed by atoms with Crippen LogP contribution in [0, 0.1) is 0 Å². The van der Waals surface area contributed by atoms with Crippen molar-refractivity contribution in [3.63, 3.8) is 0 Å². The Morgan fingerprint density at radius 3 is 2.71 bits per heavy atom. The van der Waals surface area contributed by atoms with Crippen molar-refractivity contribution in [1.82, 2.24) is 10.3 Å². The van der Waals surface area contributed by atoms with Gasteiger partial charge in [0.2, 0.25) is 5.91 Å². The van der Waals surface area contributed by atoms with Gasteiger partial charge in [-0.15, -0.1) is 0 Å². The minimum Gasteiger partial charge on any atom is -0.325 e. The SMILES string of the molecule is O=C(CCNCc1cccnc1)Nc1ccc(Cl)cc1C(F)(F)F. The largest absolute Gasteiger partial charge is 0.418 e. The van der Waals surface area contributed by atoms with E-state index >= 15 is 0 Å². The van der Waals surface area contributed by atoms with E-state index in [1.165, 1.54) is 6.07 Å². The zero-order valence-corrected chi connectivity index (χ0v) is 13.3. The van der Waals surface area contributed by atoms with E-state index in [1.54, 1.807) is 18.5 Å². The minimum atomic E-state index is -4.59. The fourth-order valence-electron chi connectivity index (χ4n) is 2.01. The second kappa shape index (κ2) is 8.12. The van der Waals surface area contributed by atoms with Crippen LogP contribution in [0.25, 0.3) is 0 Å². The van der Waals surface area contributed by atoms with Crippen molar-refractivity contribution in [2.75, 3.05) is 11.9 Å². The molecule has 2 N–H and O–H groups in total. The zero-order valence-electron chi connectivity index (χ0n) is 12.5. The second-order valence-electron chi connectivity index (χ2n) is 5.02. The summed E-state index contributed by atoms with van der Waals surface area (Å²) in [5, 5.41) is 5.26. The number of pyridine rings is 1. The van der Waals surface area contributed by atoms with Gasteiger partial charge in [-0.3, -0.25) is 9.78 Å². The Kier molecular flexibility index (Phi) is 6.16. The molecule has 0 aliphatic carbocycles. The average Bonchev–Trinajstić information content (AvgIpc) is 2.53. The van der Waals surface area contributed by atoms with Crippen LogP contribution in [0.4, 0.5) is 18.9 Å². The summed E-state index contributed by atoms with van der Waals surface area (Å²) in [6, 6.07) is 6.91. The lowest BCUT2D eigenvalue weighted by Crippen LogP contribution is -2.22. The van der Waals surface area contributed by atoms with Crippen LogP contribution in [0.1, 0.15) is 17.5 Å². The van der Waals surface area contributed by atoms with Crippen molar-refractivity contribution in [3.8, 4) is 0 Å². The third-order valence-corrected chi connectivity index (χ3v) is 3.38. The van der Waals surface area contributed by atoms with E-state index in [0.29, 0.717) is 13.1 Å². The first kappa shape index (κ1) is 18.2. The third-order valence-electron chi connectivity index (χ3n) is 3.14. The number of nitrogens with zero attached hydrogens (tertiary/aromatic N) is 1. The van der Waals surface area contributed by atoms with E-state index in [2.05, 4.69) is 15.6 Å². The molecule has 0 unspecified atom stereocenters. The van der Waals surface area contributed by atoms with Crippen molar-refractivity contribution in [1.29, 1.82) is 0 Å². The summed E-state index contributed by atoms with van der Waals surface area (Å²) >= 11 is 5.59. The number of halogens is 4. The van der Waals surface area contributed by atoms with Crippen LogP contribution in [0.3, 0.4) is 0 Å². The van der Waals surface area contributed by atoms with Crippen molar-refractivity contribution in [2.24, 2.45) is 0 Å². The molecule has 2 rings (SSSR count). The van der Waals surface area contributed by atoms with Crippen LogP contribution in [-0.2, 0) is 17.5 Å². The molecule has 0 saturated carbocycles. The molecule has 8 heteroatoms. The van der Waals surface area contributed by atoms with Crippen LogP contribution < -0.4 is 10.6 Å².